The fraction of sp³-hybridized carbons (Fsp3) is 0.615. The molecule has 0 bridgehead atoms. The number of nitrogen functional groups attached to an aromatic ring is 1. The average molecular weight is 295 g/mol. The fourth-order valence-corrected chi connectivity index (χ4v) is 2.23. The van der Waals surface area contributed by atoms with Gasteiger partial charge in [-0.1, -0.05) is 0 Å². The number of amides is 2. The zero-order valence-corrected chi connectivity index (χ0v) is 12.5. The Labute approximate surface area is 123 Å². The van der Waals surface area contributed by atoms with Crippen molar-refractivity contribution in [3.63, 3.8) is 0 Å². The molecule has 8 nitrogen and oxygen atoms in total. The number of hydrogen-bond donors (Lipinski definition) is 2. The number of carbonyl (C=O) groups is 2. The second-order valence-corrected chi connectivity index (χ2v) is 6.14. The van der Waals surface area contributed by atoms with Crippen LogP contribution in [0.1, 0.15) is 43.6 Å². The predicted molar refractivity (Wildman–Crippen MR) is 76.6 cm³/mol. The molecule has 0 radical (unpaired) electrons. The van der Waals surface area contributed by atoms with E-state index in [0.29, 0.717) is 13.1 Å². The van der Waals surface area contributed by atoms with Gasteiger partial charge in [-0.05, 0) is 27.2 Å². The van der Waals surface area contributed by atoms with Gasteiger partial charge in [0.25, 0.3) is 5.91 Å². The molecule has 1 aliphatic heterocycles. The molecule has 8 heteroatoms. The molecule has 1 aromatic rings. The Morgan fingerprint density at radius 3 is 2.62 bits per heavy atom. The van der Waals surface area contributed by atoms with Gasteiger partial charge in [0.05, 0.1) is 6.04 Å². The van der Waals surface area contributed by atoms with Crippen molar-refractivity contribution in [1.82, 2.24) is 14.7 Å². The van der Waals surface area contributed by atoms with E-state index in [4.69, 9.17) is 16.2 Å². The molecule has 1 saturated heterocycles. The molecule has 0 aromatic carbocycles. The average Bonchev–Trinajstić information content (AvgIpc) is 2.92. The molecule has 1 fully saturated rings. The van der Waals surface area contributed by atoms with Gasteiger partial charge in [-0.15, -0.1) is 0 Å². The van der Waals surface area contributed by atoms with Crippen LogP contribution in [0.4, 0.5) is 10.6 Å². The lowest BCUT2D eigenvalue weighted by molar-refractivity contribution is 0.0288. The van der Waals surface area contributed by atoms with E-state index >= 15 is 0 Å². The second-order valence-electron chi connectivity index (χ2n) is 6.14. The summed E-state index contributed by atoms with van der Waals surface area (Å²) in [6.07, 6.45) is 1.90. The van der Waals surface area contributed by atoms with Crippen LogP contribution < -0.4 is 11.5 Å². The summed E-state index contributed by atoms with van der Waals surface area (Å²) in [5.41, 5.74) is 10.5. The molecule has 2 amide bonds. The Morgan fingerprint density at radius 1 is 1.43 bits per heavy atom. The lowest BCUT2D eigenvalue weighted by atomic mass is 10.2. The van der Waals surface area contributed by atoms with Crippen LogP contribution in [0.15, 0.2) is 6.20 Å². The van der Waals surface area contributed by atoms with Gasteiger partial charge in [0, 0.05) is 19.3 Å². The first kappa shape index (κ1) is 15.1. The van der Waals surface area contributed by atoms with Gasteiger partial charge in [-0.3, -0.25) is 9.48 Å². The van der Waals surface area contributed by atoms with Gasteiger partial charge in [-0.2, -0.15) is 5.10 Å². The van der Waals surface area contributed by atoms with E-state index in [1.807, 2.05) is 20.8 Å². The van der Waals surface area contributed by atoms with E-state index in [1.54, 1.807) is 9.58 Å². The molecular formula is C13H21N5O3. The number of carbonyl (C=O) groups excluding carboxylic acids is 2. The summed E-state index contributed by atoms with van der Waals surface area (Å²) >= 11 is 0. The van der Waals surface area contributed by atoms with Crippen molar-refractivity contribution in [2.75, 3.05) is 18.8 Å². The third-order valence-corrected chi connectivity index (χ3v) is 3.22. The summed E-state index contributed by atoms with van der Waals surface area (Å²) in [7, 11) is 0. The Kier molecular flexibility index (Phi) is 3.80. The molecule has 21 heavy (non-hydrogen) atoms. The molecule has 1 aliphatic rings. The molecule has 116 valence electrons. The van der Waals surface area contributed by atoms with Crippen molar-refractivity contribution in [3.05, 3.63) is 11.8 Å². The predicted octanol–water partition coefficient (Wildman–Crippen LogP) is 0.746. The van der Waals surface area contributed by atoms with Crippen LogP contribution >= 0.6 is 0 Å². The number of nitrogens with two attached hydrogens (primary N) is 2. The van der Waals surface area contributed by atoms with Crippen molar-refractivity contribution in [2.45, 2.75) is 38.8 Å². The minimum Gasteiger partial charge on any atom is -0.444 e. The lowest BCUT2D eigenvalue weighted by Crippen LogP contribution is -2.35. The smallest absolute Gasteiger partial charge is 0.410 e. The fourth-order valence-electron chi connectivity index (χ4n) is 2.23. The Balaban J connectivity index is 2.04. The standard InChI is InChI=1S/C13H21N5O3/c1-13(2,3)21-12(20)17-5-4-8(6-17)18-7-9(11(15)19)10(14)16-18/h7-8H,4-6H2,1-3H3,(H2,14,16)(H2,15,19)/t8-/m1/s1. The normalized spacial score (nSPS) is 18.8. The maximum atomic E-state index is 12.0. The zero-order chi connectivity index (χ0) is 15.8. The summed E-state index contributed by atoms with van der Waals surface area (Å²) in [5.74, 6) is -0.501. The van der Waals surface area contributed by atoms with Gasteiger partial charge in [-0.25, -0.2) is 4.79 Å². The van der Waals surface area contributed by atoms with E-state index in [9.17, 15) is 9.59 Å². The van der Waals surface area contributed by atoms with Crippen molar-refractivity contribution in [3.8, 4) is 0 Å². The number of anilines is 1. The molecule has 2 rings (SSSR count). The highest BCUT2D eigenvalue weighted by Crippen LogP contribution is 2.24. The summed E-state index contributed by atoms with van der Waals surface area (Å²) in [5, 5.41) is 4.10. The molecule has 0 spiro atoms. The van der Waals surface area contributed by atoms with E-state index < -0.39 is 11.5 Å². The SMILES string of the molecule is CC(C)(C)OC(=O)N1CC[C@@H](n2cc(C(N)=O)c(N)n2)C1. The maximum absolute atomic E-state index is 12.0. The highest BCUT2D eigenvalue weighted by atomic mass is 16.6. The van der Waals surface area contributed by atoms with E-state index in [0.717, 1.165) is 6.42 Å². The Morgan fingerprint density at radius 2 is 2.10 bits per heavy atom. The first-order chi connectivity index (χ1) is 9.67. The number of primary amides is 1. The van der Waals surface area contributed by atoms with Gasteiger partial charge < -0.3 is 21.1 Å². The van der Waals surface area contributed by atoms with E-state index in [2.05, 4.69) is 5.10 Å². The van der Waals surface area contributed by atoms with Gasteiger partial charge >= 0.3 is 6.09 Å². The summed E-state index contributed by atoms with van der Waals surface area (Å²) < 4.78 is 6.93. The largest absolute Gasteiger partial charge is 0.444 e. The van der Waals surface area contributed by atoms with Crippen LogP contribution in [0.25, 0.3) is 0 Å². The molecule has 4 N–H and O–H groups in total. The van der Waals surface area contributed by atoms with E-state index in [1.165, 1.54) is 6.20 Å². The number of hydrogen-bond acceptors (Lipinski definition) is 5. The van der Waals surface area contributed by atoms with Crippen molar-refractivity contribution < 1.29 is 14.3 Å². The summed E-state index contributed by atoms with van der Waals surface area (Å²) in [6.45, 7) is 6.52. The van der Waals surface area contributed by atoms with Gasteiger partial charge in [0.1, 0.15) is 11.2 Å². The summed E-state index contributed by atoms with van der Waals surface area (Å²) in [4.78, 5) is 24.8. The lowest BCUT2D eigenvalue weighted by Gasteiger charge is -2.24. The summed E-state index contributed by atoms with van der Waals surface area (Å²) in [6, 6.07) is -0.0343. The third-order valence-electron chi connectivity index (χ3n) is 3.22. The van der Waals surface area contributed by atoms with Crippen molar-refractivity contribution in [1.29, 1.82) is 0 Å². The van der Waals surface area contributed by atoms with Crippen LogP contribution in [0, 0.1) is 0 Å². The molecule has 1 atom stereocenters. The minimum absolute atomic E-state index is 0.0343. The monoisotopic (exact) mass is 295 g/mol. The molecule has 1 aromatic heterocycles. The highest BCUT2D eigenvalue weighted by Gasteiger charge is 2.31. The van der Waals surface area contributed by atoms with Crippen LogP contribution in [0.5, 0.6) is 0 Å². The number of rotatable bonds is 2. The topological polar surface area (TPSA) is 116 Å². The second kappa shape index (κ2) is 5.27. The first-order valence-electron chi connectivity index (χ1n) is 6.80. The highest BCUT2D eigenvalue weighted by molar-refractivity contribution is 5.96. The van der Waals surface area contributed by atoms with Crippen LogP contribution in [-0.4, -0.2) is 45.4 Å². The molecule has 0 saturated carbocycles. The Bertz CT molecular complexity index is 561. The number of nitrogens with zero attached hydrogens (tertiary/aromatic N) is 3. The quantitative estimate of drug-likeness (QED) is 0.834. The molecule has 0 aliphatic carbocycles. The van der Waals surface area contributed by atoms with Crippen LogP contribution in [0.3, 0.4) is 0 Å². The van der Waals surface area contributed by atoms with Crippen LogP contribution in [-0.2, 0) is 4.74 Å². The molecule has 2 heterocycles. The third kappa shape index (κ3) is 3.45. The van der Waals surface area contributed by atoms with Gasteiger partial charge in [0.2, 0.25) is 0 Å². The van der Waals surface area contributed by atoms with Crippen molar-refractivity contribution in [2.24, 2.45) is 5.73 Å². The van der Waals surface area contributed by atoms with E-state index in [-0.39, 0.29) is 23.5 Å². The Hall–Kier alpha value is -2.25. The van der Waals surface area contributed by atoms with Gasteiger partial charge in [0.15, 0.2) is 5.82 Å². The number of aromatic nitrogens is 2. The minimum atomic E-state index is -0.610. The molecular weight excluding hydrogens is 274 g/mol. The van der Waals surface area contributed by atoms with Crippen LogP contribution in [0.2, 0.25) is 0 Å². The van der Waals surface area contributed by atoms with Crippen molar-refractivity contribution >= 4 is 17.8 Å². The molecule has 0 unspecified atom stereocenters. The zero-order valence-electron chi connectivity index (χ0n) is 12.5. The first-order valence-corrected chi connectivity index (χ1v) is 6.80. The maximum Gasteiger partial charge on any atom is 0.410 e. The number of ether oxygens (including phenoxy) is 1. The number of likely N-dealkylation sites (tertiary alicyclic amines) is 1.